The Morgan fingerprint density at radius 3 is 2.43 bits per heavy atom. The molecular weight excluding hydrogens is 368 g/mol. The molecule has 9 nitrogen and oxygen atoms in total. The lowest BCUT2D eigenvalue weighted by Gasteiger charge is -2.10. The van der Waals surface area contributed by atoms with Gasteiger partial charge in [-0.3, -0.25) is 14.9 Å². The van der Waals surface area contributed by atoms with Gasteiger partial charge in [0.25, 0.3) is 5.91 Å². The molecule has 0 saturated heterocycles. The number of para-hydroxylation sites is 3. The van der Waals surface area contributed by atoms with Gasteiger partial charge in [0, 0.05) is 12.6 Å². The fourth-order valence-electron chi connectivity index (χ4n) is 2.35. The number of amides is 1. The van der Waals surface area contributed by atoms with Crippen LogP contribution in [0.5, 0.6) is 11.5 Å². The number of hydrogen-bond donors (Lipinski definition) is 1. The maximum Gasteiger partial charge on any atom is 0.344 e. The first-order chi connectivity index (χ1) is 13.5. The maximum atomic E-state index is 11.8. The van der Waals surface area contributed by atoms with Crippen LogP contribution in [-0.2, 0) is 20.7 Å². The second kappa shape index (κ2) is 10.5. The number of rotatable bonds is 10. The van der Waals surface area contributed by atoms with Crippen molar-refractivity contribution in [3.8, 4) is 11.5 Å². The molecule has 0 aromatic heterocycles. The highest BCUT2D eigenvalue weighted by atomic mass is 16.6. The van der Waals surface area contributed by atoms with Crippen LogP contribution < -0.4 is 14.8 Å². The van der Waals surface area contributed by atoms with Gasteiger partial charge in [0.05, 0.1) is 12.0 Å². The number of nitro benzene ring substituents is 1. The zero-order valence-electron chi connectivity index (χ0n) is 15.3. The van der Waals surface area contributed by atoms with Gasteiger partial charge in [0.2, 0.25) is 0 Å². The molecule has 0 aliphatic rings. The molecule has 0 unspecified atom stereocenters. The summed E-state index contributed by atoms with van der Waals surface area (Å²) in [5.74, 6) is -0.590. The highest BCUT2D eigenvalue weighted by molar-refractivity contribution is 5.80. The Kier molecular flexibility index (Phi) is 7.77. The molecule has 0 heterocycles. The summed E-state index contributed by atoms with van der Waals surface area (Å²) in [6.45, 7) is -0.659. The molecule has 0 saturated carbocycles. The fourth-order valence-corrected chi connectivity index (χ4v) is 2.35. The van der Waals surface area contributed by atoms with Crippen LogP contribution in [0.15, 0.2) is 48.5 Å². The SMILES string of the molecule is COc1ccccc1CCNC(=O)COC(=O)COc1ccccc1[N+](=O)[O-]. The average Bonchev–Trinajstić information content (AvgIpc) is 2.71. The zero-order chi connectivity index (χ0) is 20.4. The normalized spacial score (nSPS) is 10.0. The van der Waals surface area contributed by atoms with Gasteiger partial charge in [-0.2, -0.15) is 0 Å². The monoisotopic (exact) mass is 388 g/mol. The van der Waals surface area contributed by atoms with E-state index >= 15 is 0 Å². The van der Waals surface area contributed by atoms with E-state index in [0.29, 0.717) is 13.0 Å². The highest BCUT2D eigenvalue weighted by Gasteiger charge is 2.16. The Hall–Kier alpha value is -3.62. The Labute approximate surface area is 161 Å². The molecule has 2 aromatic rings. The van der Waals surface area contributed by atoms with Crippen LogP contribution in [0, 0.1) is 10.1 Å². The molecule has 28 heavy (non-hydrogen) atoms. The first-order valence-corrected chi connectivity index (χ1v) is 8.41. The number of hydrogen-bond acceptors (Lipinski definition) is 7. The second-order valence-electron chi connectivity index (χ2n) is 5.59. The van der Waals surface area contributed by atoms with E-state index in [4.69, 9.17) is 14.2 Å². The van der Waals surface area contributed by atoms with Crippen LogP contribution in [0.1, 0.15) is 5.56 Å². The summed E-state index contributed by atoms with van der Waals surface area (Å²) in [5.41, 5.74) is 0.685. The molecule has 0 radical (unpaired) electrons. The van der Waals surface area contributed by atoms with E-state index in [-0.39, 0.29) is 11.4 Å². The molecule has 0 spiro atoms. The van der Waals surface area contributed by atoms with Crippen LogP contribution in [0.25, 0.3) is 0 Å². The summed E-state index contributed by atoms with van der Waals surface area (Å²) >= 11 is 0. The fraction of sp³-hybridized carbons (Fsp3) is 0.263. The molecule has 1 amide bonds. The third-order valence-corrected chi connectivity index (χ3v) is 3.68. The standard InChI is InChI=1S/C19H20N2O7/c1-26-16-8-4-2-6-14(16)10-11-20-18(22)12-28-19(23)13-27-17-9-5-3-7-15(17)21(24)25/h2-9H,10-13H2,1H3,(H,20,22). The largest absolute Gasteiger partial charge is 0.496 e. The lowest BCUT2D eigenvalue weighted by Crippen LogP contribution is -2.31. The Morgan fingerprint density at radius 2 is 1.71 bits per heavy atom. The van der Waals surface area contributed by atoms with Gasteiger partial charge in [0.15, 0.2) is 19.0 Å². The van der Waals surface area contributed by atoms with E-state index in [1.54, 1.807) is 13.2 Å². The Morgan fingerprint density at radius 1 is 1.04 bits per heavy atom. The van der Waals surface area contributed by atoms with Crippen molar-refractivity contribution in [1.29, 1.82) is 0 Å². The predicted octanol–water partition coefficient (Wildman–Crippen LogP) is 1.88. The summed E-state index contributed by atoms with van der Waals surface area (Å²) in [6, 6.07) is 13.1. The van der Waals surface area contributed by atoms with Gasteiger partial charge in [-0.25, -0.2) is 4.79 Å². The molecule has 2 rings (SSSR count). The van der Waals surface area contributed by atoms with E-state index in [0.717, 1.165) is 11.3 Å². The van der Waals surface area contributed by atoms with Crippen molar-refractivity contribution in [2.75, 3.05) is 26.9 Å². The van der Waals surface area contributed by atoms with Crippen molar-refractivity contribution >= 4 is 17.6 Å². The summed E-state index contributed by atoms with van der Waals surface area (Å²) in [4.78, 5) is 33.7. The third-order valence-electron chi connectivity index (χ3n) is 3.68. The Balaban J connectivity index is 1.70. The summed E-state index contributed by atoms with van der Waals surface area (Å²) in [7, 11) is 1.57. The third kappa shape index (κ3) is 6.27. The topological polar surface area (TPSA) is 117 Å². The summed E-state index contributed by atoms with van der Waals surface area (Å²) in [6.07, 6.45) is 0.560. The Bertz CT molecular complexity index is 839. The van der Waals surface area contributed by atoms with Crippen LogP contribution >= 0.6 is 0 Å². The molecule has 0 aliphatic carbocycles. The van der Waals surface area contributed by atoms with Crippen molar-refractivity contribution in [1.82, 2.24) is 5.32 Å². The van der Waals surface area contributed by atoms with Crippen molar-refractivity contribution < 1.29 is 28.7 Å². The smallest absolute Gasteiger partial charge is 0.344 e. The van der Waals surface area contributed by atoms with Crippen molar-refractivity contribution in [2.45, 2.75) is 6.42 Å². The van der Waals surface area contributed by atoms with Crippen LogP contribution in [0.3, 0.4) is 0 Å². The van der Waals surface area contributed by atoms with Crippen molar-refractivity contribution in [2.24, 2.45) is 0 Å². The number of esters is 1. The number of nitrogens with one attached hydrogen (secondary N) is 1. The second-order valence-corrected chi connectivity index (χ2v) is 5.59. The molecule has 0 fully saturated rings. The van der Waals surface area contributed by atoms with Gasteiger partial charge in [0.1, 0.15) is 5.75 Å². The van der Waals surface area contributed by atoms with Crippen LogP contribution in [-0.4, -0.2) is 43.7 Å². The molecule has 2 aromatic carbocycles. The first kappa shape index (κ1) is 20.7. The van der Waals surface area contributed by atoms with Gasteiger partial charge >= 0.3 is 11.7 Å². The first-order valence-electron chi connectivity index (χ1n) is 8.41. The quantitative estimate of drug-likeness (QED) is 0.375. The van der Waals surface area contributed by atoms with E-state index < -0.39 is 30.0 Å². The zero-order valence-corrected chi connectivity index (χ0v) is 15.3. The molecular formula is C19H20N2O7. The molecule has 0 aliphatic heterocycles. The summed E-state index contributed by atoms with van der Waals surface area (Å²) < 4.78 is 15.1. The number of methoxy groups -OCH3 is 1. The number of carbonyl (C=O) groups excluding carboxylic acids is 2. The molecule has 1 N–H and O–H groups in total. The van der Waals surface area contributed by atoms with E-state index in [9.17, 15) is 19.7 Å². The van der Waals surface area contributed by atoms with Crippen LogP contribution in [0.4, 0.5) is 5.69 Å². The number of carbonyl (C=O) groups is 2. The predicted molar refractivity (Wildman–Crippen MR) is 99.3 cm³/mol. The number of nitrogens with zero attached hydrogens (tertiary/aromatic N) is 1. The molecule has 0 bridgehead atoms. The lowest BCUT2D eigenvalue weighted by atomic mass is 10.1. The average molecular weight is 388 g/mol. The van der Waals surface area contributed by atoms with E-state index in [1.807, 2.05) is 24.3 Å². The van der Waals surface area contributed by atoms with E-state index in [1.165, 1.54) is 18.2 Å². The minimum Gasteiger partial charge on any atom is -0.496 e. The van der Waals surface area contributed by atoms with Gasteiger partial charge in [-0.15, -0.1) is 0 Å². The lowest BCUT2D eigenvalue weighted by molar-refractivity contribution is -0.385. The van der Waals surface area contributed by atoms with Gasteiger partial charge in [-0.1, -0.05) is 30.3 Å². The molecule has 148 valence electrons. The van der Waals surface area contributed by atoms with Crippen LogP contribution in [0.2, 0.25) is 0 Å². The number of nitro groups is 1. The van der Waals surface area contributed by atoms with E-state index in [2.05, 4.69) is 5.32 Å². The van der Waals surface area contributed by atoms with Crippen molar-refractivity contribution in [3.63, 3.8) is 0 Å². The number of benzene rings is 2. The van der Waals surface area contributed by atoms with Gasteiger partial charge in [-0.05, 0) is 24.1 Å². The maximum absolute atomic E-state index is 11.8. The van der Waals surface area contributed by atoms with Crippen molar-refractivity contribution in [3.05, 3.63) is 64.2 Å². The number of ether oxygens (including phenoxy) is 3. The summed E-state index contributed by atoms with van der Waals surface area (Å²) in [5, 5.41) is 13.5. The minimum absolute atomic E-state index is 0.0503. The minimum atomic E-state index is -0.807. The highest BCUT2D eigenvalue weighted by Crippen LogP contribution is 2.25. The molecule has 0 atom stereocenters. The molecule has 9 heteroatoms. The van der Waals surface area contributed by atoms with Gasteiger partial charge < -0.3 is 19.5 Å².